The molecule has 2 rings (SSSR count). The molecule has 0 fully saturated rings. The highest BCUT2D eigenvalue weighted by Crippen LogP contribution is 2.24. The maximum atomic E-state index is 11.4. The van der Waals surface area contributed by atoms with Crippen LogP contribution in [0.25, 0.3) is 11.0 Å². The van der Waals surface area contributed by atoms with Crippen molar-refractivity contribution in [3.63, 3.8) is 0 Å². The van der Waals surface area contributed by atoms with Crippen LogP contribution in [0.3, 0.4) is 0 Å². The number of nitrogen functional groups attached to an aromatic ring is 1. The lowest BCUT2D eigenvalue weighted by Crippen LogP contribution is -2.25. The lowest BCUT2D eigenvalue weighted by atomic mass is 10.2. The third-order valence-electron chi connectivity index (χ3n) is 2.69. The van der Waals surface area contributed by atoms with E-state index in [1.807, 2.05) is 6.92 Å². The maximum absolute atomic E-state index is 11.4. The minimum atomic E-state index is 0.0271. The smallest absolute Gasteiger partial charge is 0.221 e. The van der Waals surface area contributed by atoms with Crippen LogP contribution in [0.2, 0.25) is 0 Å². The summed E-state index contributed by atoms with van der Waals surface area (Å²) in [6, 6.07) is 3.53. The van der Waals surface area contributed by atoms with Crippen LogP contribution in [-0.2, 0) is 4.79 Å². The molecular formula is C12H17N5O2. The molecule has 0 aliphatic rings. The first-order valence-corrected chi connectivity index (χ1v) is 6.23. The minimum Gasteiger partial charge on any atom is -0.397 e. The van der Waals surface area contributed by atoms with Gasteiger partial charge in [-0.05, 0) is 28.9 Å². The molecule has 1 heterocycles. The Hall–Kier alpha value is -2.31. The van der Waals surface area contributed by atoms with Gasteiger partial charge in [-0.1, -0.05) is 6.92 Å². The summed E-state index contributed by atoms with van der Waals surface area (Å²) in [6.45, 7) is 3.24. The quantitative estimate of drug-likeness (QED) is 0.675. The zero-order chi connectivity index (χ0) is 13.7. The van der Waals surface area contributed by atoms with Gasteiger partial charge in [0.15, 0.2) is 11.0 Å². The summed E-state index contributed by atoms with van der Waals surface area (Å²) in [7, 11) is 0. The summed E-state index contributed by atoms with van der Waals surface area (Å²) < 4.78 is 4.67. The van der Waals surface area contributed by atoms with Crippen LogP contribution >= 0.6 is 0 Å². The van der Waals surface area contributed by atoms with E-state index in [9.17, 15) is 4.79 Å². The Morgan fingerprint density at radius 2 is 2.11 bits per heavy atom. The Kier molecular flexibility index (Phi) is 4.17. The number of rotatable bonds is 6. The highest BCUT2D eigenvalue weighted by Gasteiger charge is 2.09. The average Bonchev–Trinajstić information content (AvgIpc) is 2.89. The van der Waals surface area contributed by atoms with Crippen LogP contribution in [0.15, 0.2) is 16.8 Å². The molecule has 0 saturated heterocycles. The van der Waals surface area contributed by atoms with E-state index in [0.29, 0.717) is 36.2 Å². The first kappa shape index (κ1) is 13.1. The van der Waals surface area contributed by atoms with Gasteiger partial charge >= 0.3 is 0 Å². The molecule has 0 aliphatic heterocycles. The summed E-state index contributed by atoms with van der Waals surface area (Å²) in [6.07, 6.45) is 1.33. The Balaban J connectivity index is 1.93. The molecule has 4 N–H and O–H groups in total. The van der Waals surface area contributed by atoms with Crippen molar-refractivity contribution in [1.82, 2.24) is 15.6 Å². The highest BCUT2D eigenvalue weighted by molar-refractivity contribution is 5.95. The number of fused-ring (bicyclic) bond motifs is 1. The molecule has 0 bridgehead atoms. The van der Waals surface area contributed by atoms with Crippen LogP contribution in [-0.4, -0.2) is 29.3 Å². The molecule has 2 aromatic rings. The van der Waals surface area contributed by atoms with E-state index in [2.05, 4.69) is 25.6 Å². The zero-order valence-electron chi connectivity index (χ0n) is 10.8. The molecular weight excluding hydrogens is 246 g/mol. The molecule has 1 aromatic heterocycles. The Morgan fingerprint density at radius 3 is 2.89 bits per heavy atom. The number of anilines is 2. The predicted molar refractivity (Wildman–Crippen MR) is 72.6 cm³/mol. The molecule has 102 valence electrons. The molecule has 7 nitrogen and oxygen atoms in total. The van der Waals surface area contributed by atoms with Crippen LogP contribution in [0, 0.1) is 0 Å². The fraction of sp³-hybridized carbons (Fsp3) is 0.417. The second-order valence-corrected chi connectivity index (χ2v) is 4.19. The van der Waals surface area contributed by atoms with Gasteiger partial charge in [-0.2, -0.15) is 0 Å². The number of nitrogens with zero attached hydrogens (tertiary/aromatic N) is 2. The van der Waals surface area contributed by atoms with Crippen molar-refractivity contribution in [3.05, 3.63) is 12.1 Å². The molecule has 7 heteroatoms. The van der Waals surface area contributed by atoms with E-state index in [0.717, 1.165) is 12.1 Å². The molecule has 0 unspecified atom stereocenters. The van der Waals surface area contributed by atoms with E-state index in [1.54, 1.807) is 12.1 Å². The number of nitrogens with one attached hydrogen (secondary N) is 2. The van der Waals surface area contributed by atoms with Gasteiger partial charge in [0.2, 0.25) is 5.91 Å². The van der Waals surface area contributed by atoms with Gasteiger partial charge in [-0.3, -0.25) is 4.79 Å². The van der Waals surface area contributed by atoms with Crippen molar-refractivity contribution in [1.29, 1.82) is 0 Å². The van der Waals surface area contributed by atoms with Crippen molar-refractivity contribution < 1.29 is 9.42 Å². The van der Waals surface area contributed by atoms with Crippen molar-refractivity contribution >= 4 is 28.3 Å². The minimum absolute atomic E-state index is 0.0271. The van der Waals surface area contributed by atoms with Gasteiger partial charge in [-0.15, -0.1) is 0 Å². The van der Waals surface area contributed by atoms with E-state index in [4.69, 9.17) is 5.73 Å². The van der Waals surface area contributed by atoms with Crippen LogP contribution in [0.5, 0.6) is 0 Å². The first-order valence-electron chi connectivity index (χ1n) is 6.23. The summed E-state index contributed by atoms with van der Waals surface area (Å²) in [5, 5.41) is 13.5. The lowest BCUT2D eigenvalue weighted by molar-refractivity contribution is -0.120. The first-order chi connectivity index (χ1) is 9.22. The van der Waals surface area contributed by atoms with Crippen molar-refractivity contribution in [2.45, 2.75) is 19.8 Å². The van der Waals surface area contributed by atoms with Crippen molar-refractivity contribution in [3.8, 4) is 0 Å². The average molecular weight is 263 g/mol. The second-order valence-electron chi connectivity index (χ2n) is 4.19. The molecule has 0 saturated carbocycles. The van der Waals surface area contributed by atoms with E-state index >= 15 is 0 Å². The monoisotopic (exact) mass is 263 g/mol. The molecule has 0 aliphatic carbocycles. The van der Waals surface area contributed by atoms with Crippen LogP contribution in [0.4, 0.5) is 11.4 Å². The Bertz CT molecular complexity index is 566. The molecule has 0 radical (unpaired) electrons. The summed E-state index contributed by atoms with van der Waals surface area (Å²) >= 11 is 0. The van der Waals surface area contributed by atoms with Gasteiger partial charge < -0.3 is 16.4 Å². The van der Waals surface area contributed by atoms with Gasteiger partial charge in [0.1, 0.15) is 0 Å². The van der Waals surface area contributed by atoms with E-state index in [-0.39, 0.29) is 5.91 Å². The normalized spacial score (nSPS) is 10.6. The van der Waals surface area contributed by atoms with Gasteiger partial charge in [0, 0.05) is 19.5 Å². The summed E-state index contributed by atoms with van der Waals surface area (Å²) in [5.41, 5.74) is 8.13. The number of aromatic nitrogens is 2. The topological polar surface area (TPSA) is 106 Å². The molecule has 19 heavy (non-hydrogen) atoms. The Morgan fingerprint density at radius 1 is 1.32 bits per heavy atom. The summed E-state index contributed by atoms with van der Waals surface area (Å²) in [4.78, 5) is 11.4. The van der Waals surface area contributed by atoms with E-state index < -0.39 is 0 Å². The Labute approximate surface area is 110 Å². The number of carbonyl (C=O) groups is 1. The van der Waals surface area contributed by atoms with Gasteiger partial charge in [0.25, 0.3) is 0 Å². The number of hydrogen-bond donors (Lipinski definition) is 3. The second kappa shape index (κ2) is 6.03. The highest BCUT2D eigenvalue weighted by atomic mass is 16.6. The molecule has 0 atom stereocenters. The molecule has 1 amide bonds. The number of amides is 1. The van der Waals surface area contributed by atoms with Crippen LogP contribution < -0.4 is 16.4 Å². The van der Waals surface area contributed by atoms with Crippen molar-refractivity contribution in [2.24, 2.45) is 0 Å². The maximum Gasteiger partial charge on any atom is 0.221 e. The fourth-order valence-corrected chi connectivity index (χ4v) is 1.69. The standard InChI is InChI=1S/C12H17N5O2/c1-2-6-15-10(18)5-7-14-9-4-3-8(13)11-12(9)17-19-16-11/h3-4,14H,2,5-7,13H2,1H3,(H,15,18). The number of nitrogens with two attached hydrogens (primary N) is 1. The van der Waals surface area contributed by atoms with E-state index in [1.165, 1.54) is 0 Å². The molecule has 0 spiro atoms. The fourth-order valence-electron chi connectivity index (χ4n) is 1.69. The molecule has 1 aromatic carbocycles. The third-order valence-corrected chi connectivity index (χ3v) is 2.69. The van der Waals surface area contributed by atoms with Crippen molar-refractivity contribution in [2.75, 3.05) is 24.1 Å². The number of carbonyl (C=O) groups excluding carboxylic acids is 1. The van der Waals surface area contributed by atoms with Gasteiger partial charge in [0.05, 0.1) is 11.4 Å². The number of hydrogen-bond acceptors (Lipinski definition) is 6. The lowest BCUT2D eigenvalue weighted by Gasteiger charge is -2.07. The number of benzene rings is 1. The SMILES string of the molecule is CCCNC(=O)CCNc1ccc(N)c2nonc12. The third kappa shape index (κ3) is 3.12. The largest absolute Gasteiger partial charge is 0.397 e. The summed E-state index contributed by atoms with van der Waals surface area (Å²) in [5.74, 6) is 0.0271. The van der Waals surface area contributed by atoms with Crippen LogP contribution in [0.1, 0.15) is 19.8 Å². The zero-order valence-corrected chi connectivity index (χ0v) is 10.8. The predicted octanol–water partition coefficient (Wildman–Crippen LogP) is 1.13. The van der Waals surface area contributed by atoms with Gasteiger partial charge in [-0.25, -0.2) is 4.63 Å².